The summed E-state index contributed by atoms with van der Waals surface area (Å²) in [5, 5.41) is 13.4. The first kappa shape index (κ1) is 19.2. The number of carboxylic acid groups (broad SMARTS) is 1. The highest BCUT2D eigenvalue weighted by molar-refractivity contribution is 5.90. The van der Waals surface area contributed by atoms with E-state index in [0.29, 0.717) is 0 Å². The zero-order valence-corrected chi connectivity index (χ0v) is 14.7. The summed E-state index contributed by atoms with van der Waals surface area (Å²) in [5.74, 6) is -0.804. The maximum absolute atomic E-state index is 14.1. The van der Waals surface area contributed by atoms with Gasteiger partial charge in [-0.1, -0.05) is 51.1 Å². The Labute approximate surface area is 150 Å². The Hall–Kier alpha value is -3.16. The van der Waals surface area contributed by atoms with Gasteiger partial charge in [0, 0.05) is 5.56 Å². The standard InChI is InChI=1S/C18H20FN3O4/c1-18(2,3)13-14(21-16(23)24)12(19)9-20-15(13)22-17(25)26-10-11-7-5-4-6-8-11/h4-9H,10H2,1-3H3,(H,23,24)(H2,20,21,22,25). The number of pyridine rings is 1. The molecular formula is C18H20FN3O4. The lowest BCUT2D eigenvalue weighted by Crippen LogP contribution is -2.24. The Morgan fingerprint density at radius 3 is 2.42 bits per heavy atom. The summed E-state index contributed by atoms with van der Waals surface area (Å²) < 4.78 is 19.2. The van der Waals surface area contributed by atoms with Crippen molar-refractivity contribution >= 4 is 23.7 Å². The lowest BCUT2D eigenvalue weighted by molar-refractivity contribution is 0.155. The fourth-order valence-electron chi connectivity index (χ4n) is 2.40. The number of carbonyl (C=O) groups excluding carboxylic acids is 1. The molecule has 0 saturated heterocycles. The van der Waals surface area contributed by atoms with Crippen molar-refractivity contribution in [2.45, 2.75) is 32.8 Å². The SMILES string of the molecule is CC(C)(C)c1c(NC(=O)OCc2ccccc2)ncc(F)c1NC(=O)O. The number of benzene rings is 1. The van der Waals surface area contributed by atoms with E-state index in [9.17, 15) is 14.0 Å². The number of hydrogen-bond donors (Lipinski definition) is 3. The van der Waals surface area contributed by atoms with E-state index in [1.165, 1.54) is 0 Å². The molecule has 2 amide bonds. The molecule has 0 aliphatic heterocycles. The number of nitrogens with zero attached hydrogens (tertiary/aromatic N) is 1. The van der Waals surface area contributed by atoms with Gasteiger partial charge < -0.3 is 9.84 Å². The van der Waals surface area contributed by atoms with Crippen LogP contribution in [0, 0.1) is 5.82 Å². The molecule has 8 heteroatoms. The molecule has 0 fully saturated rings. The van der Waals surface area contributed by atoms with Crippen LogP contribution < -0.4 is 10.6 Å². The van der Waals surface area contributed by atoms with E-state index in [-0.39, 0.29) is 23.7 Å². The predicted octanol–water partition coefficient (Wildman–Crippen LogP) is 4.36. The van der Waals surface area contributed by atoms with Gasteiger partial charge in [-0.25, -0.2) is 19.0 Å². The summed E-state index contributed by atoms with van der Waals surface area (Å²) in [6.07, 6.45) is -1.36. The molecule has 1 aromatic heterocycles. The largest absolute Gasteiger partial charge is 0.465 e. The third-order valence-corrected chi connectivity index (χ3v) is 3.45. The second-order valence-electron chi connectivity index (χ2n) is 6.57. The minimum atomic E-state index is -1.42. The van der Waals surface area contributed by atoms with Crippen LogP contribution in [-0.4, -0.2) is 22.3 Å². The molecule has 26 heavy (non-hydrogen) atoms. The number of rotatable bonds is 4. The maximum Gasteiger partial charge on any atom is 0.413 e. The molecule has 3 N–H and O–H groups in total. The van der Waals surface area contributed by atoms with Crippen molar-refractivity contribution in [3.63, 3.8) is 0 Å². The van der Waals surface area contributed by atoms with Gasteiger partial charge in [0.25, 0.3) is 0 Å². The van der Waals surface area contributed by atoms with Crippen molar-refractivity contribution in [2.24, 2.45) is 0 Å². The third kappa shape index (κ3) is 4.92. The third-order valence-electron chi connectivity index (χ3n) is 3.45. The number of ether oxygens (including phenoxy) is 1. The van der Waals surface area contributed by atoms with Gasteiger partial charge in [0.05, 0.1) is 11.9 Å². The zero-order valence-electron chi connectivity index (χ0n) is 14.7. The van der Waals surface area contributed by atoms with Crippen LogP contribution in [0.25, 0.3) is 0 Å². The molecular weight excluding hydrogens is 341 g/mol. The molecule has 2 aromatic rings. The van der Waals surface area contributed by atoms with Gasteiger partial charge in [0.15, 0.2) is 5.82 Å². The van der Waals surface area contributed by atoms with Crippen LogP contribution in [0.2, 0.25) is 0 Å². The molecule has 0 aliphatic carbocycles. The summed E-state index contributed by atoms with van der Waals surface area (Å²) >= 11 is 0. The highest BCUT2D eigenvalue weighted by Crippen LogP contribution is 2.36. The summed E-state index contributed by atoms with van der Waals surface area (Å²) in [7, 11) is 0. The molecule has 2 rings (SSSR count). The van der Waals surface area contributed by atoms with Gasteiger partial charge in [-0.15, -0.1) is 0 Å². The fourth-order valence-corrected chi connectivity index (χ4v) is 2.40. The first-order valence-corrected chi connectivity index (χ1v) is 7.85. The number of carbonyl (C=O) groups is 2. The molecule has 138 valence electrons. The molecule has 0 spiro atoms. The number of halogens is 1. The van der Waals surface area contributed by atoms with Crippen LogP contribution in [0.3, 0.4) is 0 Å². The van der Waals surface area contributed by atoms with Gasteiger partial charge in [-0.05, 0) is 11.0 Å². The summed E-state index contributed by atoms with van der Waals surface area (Å²) in [6, 6.07) is 9.09. The van der Waals surface area contributed by atoms with Crippen LogP contribution >= 0.6 is 0 Å². The van der Waals surface area contributed by atoms with E-state index in [2.05, 4.69) is 10.3 Å². The van der Waals surface area contributed by atoms with Gasteiger partial charge in [0.2, 0.25) is 0 Å². The van der Waals surface area contributed by atoms with E-state index >= 15 is 0 Å². The number of aromatic nitrogens is 1. The Kier molecular flexibility index (Phi) is 5.76. The molecule has 7 nitrogen and oxygen atoms in total. The Bertz CT molecular complexity index is 804. The van der Waals surface area contributed by atoms with Crippen molar-refractivity contribution < 1.29 is 23.8 Å². The van der Waals surface area contributed by atoms with Crippen molar-refractivity contribution in [3.8, 4) is 0 Å². The molecule has 0 atom stereocenters. The highest BCUT2D eigenvalue weighted by Gasteiger charge is 2.28. The Morgan fingerprint density at radius 2 is 1.85 bits per heavy atom. The van der Waals surface area contributed by atoms with Gasteiger partial charge >= 0.3 is 12.2 Å². The monoisotopic (exact) mass is 361 g/mol. The number of nitrogens with one attached hydrogen (secondary N) is 2. The average molecular weight is 361 g/mol. The molecule has 0 bridgehead atoms. The molecule has 0 unspecified atom stereocenters. The zero-order chi connectivity index (χ0) is 19.3. The molecule has 1 aromatic carbocycles. The normalized spacial score (nSPS) is 10.9. The van der Waals surface area contributed by atoms with E-state index < -0.39 is 23.4 Å². The first-order valence-electron chi connectivity index (χ1n) is 7.85. The van der Waals surface area contributed by atoms with E-state index in [4.69, 9.17) is 9.84 Å². The maximum atomic E-state index is 14.1. The molecule has 0 radical (unpaired) electrons. The van der Waals surface area contributed by atoms with Crippen molar-refractivity contribution in [1.29, 1.82) is 0 Å². The highest BCUT2D eigenvalue weighted by atomic mass is 19.1. The first-order chi connectivity index (χ1) is 12.2. The van der Waals surface area contributed by atoms with E-state index in [1.807, 2.05) is 23.5 Å². The number of hydrogen-bond acceptors (Lipinski definition) is 4. The summed E-state index contributed by atoms with van der Waals surface area (Å²) in [6.45, 7) is 5.30. The number of amides is 2. The van der Waals surface area contributed by atoms with Crippen LogP contribution in [0.5, 0.6) is 0 Å². The minimum Gasteiger partial charge on any atom is -0.465 e. The van der Waals surface area contributed by atoms with Crippen LogP contribution in [0.15, 0.2) is 36.5 Å². The second kappa shape index (κ2) is 7.81. The van der Waals surface area contributed by atoms with Crippen LogP contribution in [0.4, 0.5) is 25.5 Å². The minimum absolute atomic E-state index is 0.0284. The summed E-state index contributed by atoms with van der Waals surface area (Å²) in [5.41, 5.74) is 0.0727. The van der Waals surface area contributed by atoms with Gasteiger partial charge in [-0.2, -0.15) is 0 Å². The Balaban J connectivity index is 2.25. The predicted molar refractivity (Wildman–Crippen MR) is 94.8 cm³/mol. The van der Waals surface area contributed by atoms with Crippen LogP contribution in [0.1, 0.15) is 31.9 Å². The van der Waals surface area contributed by atoms with Crippen LogP contribution in [-0.2, 0) is 16.8 Å². The smallest absolute Gasteiger partial charge is 0.413 e. The second-order valence-corrected chi connectivity index (χ2v) is 6.57. The van der Waals surface area contributed by atoms with Gasteiger partial charge in [0.1, 0.15) is 12.4 Å². The lowest BCUT2D eigenvalue weighted by Gasteiger charge is -2.25. The molecule has 1 heterocycles. The van der Waals surface area contributed by atoms with Crippen molar-refractivity contribution in [3.05, 3.63) is 53.5 Å². The average Bonchev–Trinajstić information content (AvgIpc) is 2.55. The molecule has 0 aliphatic rings. The topological polar surface area (TPSA) is 101 Å². The van der Waals surface area contributed by atoms with E-state index in [0.717, 1.165) is 11.8 Å². The van der Waals surface area contributed by atoms with E-state index in [1.54, 1.807) is 32.9 Å². The van der Waals surface area contributed by atoms with Gasteiger partial charge in [-0.3, -0.25) is 10.6 Å². The molecule has 0 saturated carbocycles. The Morgan fingerprint density at radius 1 is 1.19 bits per heavy atom. The van der Waals surface area contributed by atoms with Crippen molar-refractivity contribution in [1.82, 2.24) is 4.98 Å². The van der Waals surface area contributed by atoms with Crippen molar-refractivity contribution in [2.75, 3.05) is 10.6 Å². The summed E-state index contributed by atoms with van der Waals surface area (Å²) in [4.78, 5) is 27.0. The lowest BCUT2D eigenvalue weighted by atomic mass is 9.85. The quantitative estimate of drug-likeness (QED) is 0.751. The fraction of sp³-hybridized carbons (Fsp3) is 0.278. The number of anilines is 2.